The Labute approximate surface area is 479 Å². The summed E-state index contributed by atoms with van der Waals surface area (Å²) in [7, 11) is 0. The topological polar surface area (TPSA) is 172 Å². The van der Waals surface area contributed by atoms with E-state index in [2.05, 4.69) is 21.3 Å². The fourth-order valence-electron chi connectivity index (χ4n) is 7.54. The van der Waals surface area contributed by atoms with Crippen LogP contribution in [0.1, 0.15) is 51.4 Å². The number of ketones is 4. The molecule has 18 heteroatoms. The summed E-state index contributed by atoms with van der Waals surface area (Å²) in [6.45, 7) is 7.56. The smallest absolute Gasteiger partial charge is 0.187 e. The summed E-state index contributed by atoms with van der Waals surface area (Å²) in [6, 6.07) is 0. The first-order valence-corrected chi connectivity index (χ1v) is 23.4. The van der Waals surface area contributed by atoms with Crippen LogP contribution in [-0.2, 0) is 81.2 Å². The van der Waals surface area contributed by atoms with Crippen molar-refractivity contribution in [2.45, 2.75) is 75.8 Å². The maximum absolute atomic E-state index is 11.4. The van der Waals surface area contributed by atoms with E-state index in [0.29, 0.717) is 101 Å². The van der Waals surface area contributed by atoms with Crippen molar-refractivity contribution >= 4 is 82.2 Å². The molecule has 4 N–H and O–H groups in total. The molecular formula is C52H68Co2N4Na2O10. The summed E-state index contributed by atoms with van der Waals surface area (Å²) >= 11 is 0. The van der Waals surface area contributed by atoms with E-state index in [0.717, 1.165) is 25.7 Å². The summed E-state index contributed by atoms with van der Waals surface area (Å²) in [5.41, 5.74) is 2.56. The summed E-state index contributed by atoms with van der Waals surface area (Å²) in [6.07, 6.45) is 44.1. The molecule has 4 unspecified atom stereocenters. The van der Waals surface area contributed by atoms with Gasteiger partial charge in [0.2, 0.25) is 0 Å². The molecule has 14 nitrogen and oxygen atoms in total. The third-order valence-corrected chi connectivity index (χ3v) is 11.1. The zero-order valence-corrected chi connectivity index (χ0v) is 46.8. The van der Waals surface area contributed by atoms with Crippen molar-refractivity contribution in [1.82, 2.24) is 21.3 Å². The molecule has 376 valence electrons. The standard InChI is InChI=1S/C20H36O6.2C16H16N2O2.2Co.2Na/c1-2-6-18-17(5-1)23-13-9-21-11-15-25-19-7-3-4-8-20(19)26-16-12-22-10-14-24-18;2*19-15-7-3-1-5-13(15)11-17-9-10-18-12-14-6-2-4-8-16(14)20;;;;/h17-20H,1-16H2;2*1-8,11-12,17-18H,9-10H2;;;;. The van der Waals surface area contributed by atoms with Crippen LogP contribution in [-0.4, -0.2) is 186 Å². The van der Waals surface area contributed by atoms with E-state index in [-0.39, 0.29) is 140 Å². The molecule has 1 saturated heterocycles. The normalized spacial score (nSPS) is 25.7. The molecule has 1 heterocycles. The van der Waals surface area contributed by atoms with Crippen LogP contribution < -0.4 is 21.3 Å². The Morgan fingerprint density at radius 3 is 0.786 bits per heavy atom. The minimum absolute atomic E-state index is 0. The summed E-state index contributed by atoms with van der Waals surface area (Å²) in [5, 5.41) is 12.2. The molecule has 0 aromatic rings. The van der Waals surface area contributed by atoms with E-state index in [1.807, 2.05) is 24.3 Å². The number of allylic oxidation sites excluding steroid dienone is 20. The maximum Gasteiger partial charge on any atom is 0.187 e. The minimum atomic E-state index is -0.000182. The molecule has 4 radical (unpaired) electrons. The van der Waals surface area contributed by atoms with E-state index in [4.69, 9.17) is 28.4 Å². The SMILES string of the molecule is C1CCC2OCCOCCOC3CCCCC3OCCOCCOC2C1.O=C1C=CC=CC1=CNCCNC=C1C=CC=CC1=O.O=C1C=CC=CC1=CNCCNC=C1C=CC=CC1=O.[Co].[Co].[Na].[Na]. The third kappa shape index (κ3) is 26.5. The average Bonchev–Trinajstić information content (AvgIpc) is 3.33. The first-order chi connectivity index (χ1) is 32.5. The van der Waals surface area contributed by atoms with Gasteiger partial charge in [-0.15, -0.1) is 0 Å². The van der Waals surface area contributed by atoms with Crippen molar-refractivity contribution in [3.63, 3.8) is 0 Å². The fraction of sp³-hybridized carbons (Fsp3) is 0.462. The van der Waals surface area contributed by atoms with Crippen molar-refractivity contribution in [1.29, 1.82) is 0 Å². The molecule has 4 atom stereocenters. The molecule has 0 bridgehead atoms. The van der Waals surface area contributed by atoms with E-state index >= 15 is 0 Å². The molecule has 70 heavy (non-hydrogen) atoms. The van der Waals surface area contributed by atoms with Crippen molar-refractivity contribution < 1.29 is 81.2 Å². The van der Waals surface area contributed by atoms with Gasteiger partial charge in [0.05, 0.1) is 77.3 Å². The largest absolute Gasteiger partial charge is 0.389 e. The molecule has 0 aromatic carbocycles. The van der Waals surface area contributed by atoms with Gasteiger partial charge in [-0.3, -0.25) is 19.2 Å². The third-order valence-electron chi connectivity index (χ3n) is 11.1. The predicted molar refractivity (Wildman–Crippen MR) is 267 cm³/mol. The van der Waals surface area contributed by atoms with Crippen LogP contribution in [0.2, 0.25) is 0 Å². The van der Waals surface area contributed by atoms with E-state index in [1.54, 1.807) is 73.4 Å². The van der Waals surface area contributed by atoms with Gasteiger partial charge in [-0.05, 0) is 74.3 Å². The Hall–Kier alpha value is -2.47. The Morgan fingerprint density at radius 2 is 0.571 bits per heavy atom. The molecule has 0 aromatic heterocycles. The second-order valence-corrected chi connectivity index (χ2v) is 16.0. The fourth-order valence-corrected chi connectivity index (χ4v) is 7.54. The van der Waals surface area contributed by atoms with Gasteiger partial charge in [0.15, 0.2) is 23.1 Å². The zero-order valence-electron chi connectivity index (χ0n) is 40.7. The number of hydrogen-bond acceptors (Lipinski definition) is 14. The van der Waals surface area contributed by atoms with Crippen LogP contribution in [0.15, 0.2) is 144 Å². The Bertz CT molecular complexity index is 1700. The Morgan fingerprint density at radius 1 is 0.357 bits per heavy atom. The van der Waals surface area contributed by atoms with Crippen LogP contribution in [0.4, 0.5) is 0 Å². The number of hydrogen-bond donors (Lipinski definition) is 4. The van der Waals surface area contributed by atoms with Gasteiger partial charge in [0.25, 0.3) is 0 Å². The number of fused-ring (bicyclic) bond motifs is 2. The number of nitrogens with one attached hydrogen (secondary N) is 4. The number of rotatable bonds is 10. The second kappa shape index (κ2) is 40.9. The zero-order chi connectivity index (χ0) is 46.3. The Kier molecular flexibility index (Phi) is 38.3. The van der Waals surface area contributed by atoms with Crippen LogP contribution in [0, 0.1) is 0 Å². The minimum Gasteiger partial charge on any atom is -0.389 e. The van der Waals surface area contributed by atoms with Gasteiger partial charge in [0.1, 0.15) is 0 Å². The van der Waals surface area contributed by atoms with Gasteiger partial charge < -0.3 is 49.7 Å². The molecule has 0 amide bonds. The summed E-state index contributed by atoms with van der Waals surface area (Å²) < 4.78 is 35.5. The molecular weight excluding hydrogens is 1000 g/mol. The number of carbonyl (C=O) groups excluding carboxylic acids is 4. The van der Waals surface area contributed by atoms with Crippen LogP contribution >= 0.6 is 0 Å². The number of ether oxygens (including phenoxy) is 6. The molecule has 2 saturated carbocycles. The average molecular weight is 1070 g/mol. The van der Waals surface area contributed by atoms with Gasteiger partial charge in [-0.2, -0.15) is 0 Å². The van der Waals surface area contributed by atoms with Crippen LogP contribution in [0.5, 0.6) is 0 Å². The molecule has 1 aliphatic heterocycles. The predicted octanol–water partition coefficient (Wildman–Crippen LogP) is 4.60. The van der Waals surface area contributed by atoms with Crippen LogP contribution in [0.3, 0.4) is 0 Å². The van der Waals surface area contributed by atoms with Gasteiger partial charge in [-0.1, -0.05) is 74.3 Å². The Balaban J connectivity index is 0.000000517. The first-order valence-electron chi connectivity index (χ1n) is 23.4. The quantitative estimate of drug-likeness (QED) is 0.136. The first kappa shape index (κ1) is 65.5. The van der Waals surface area contributed by atoms with Gasteiger partial charge >= 0.3 is 0 Å². The van der Waals surface area contributed by atoms with E-state index in [9.17, 15) is 19.2 Å². The number of carbonyl (C=O) groups is 4. The van der Waals surface area contributed by atoms with Crippen molar-refractivity contribution in [2.75, 3.05) is 79.0 Å². The molecule has 7 aliphatic rings. The van der Waals surface area contributed by atoms with Gasteiger partial charge in [-0.25, -0.2) is 0 Å². The van der Waals surface area contributed by atoms with Crippen molar-refractivity contribution in [2.24, 2.45) is 0 Å². The van der Waals surface area contributed by atoms with E-state index < -0.39 is 0 Å². The second-order valence-electron chi connectivity index (χ2n) is 16.0. The summed E-state index contributed by atoms with van der Waals surface area (Å²) in [5.74, 6) is -0.000726. The van der Waals surface area contributed by atoms with Crippen LogP contribution in [0.25, 0.3) is 0 Å². The maximum atomic E-state index is 11.4. The van der Waals surface area contributed by atoms with Gasteiger partial charge in [0, 0.05) is 166 Å². The van der Waals surface area contributed by atoms with Crippen molar-refractivity contribution in [3.05, 3.63) is 144 Å². The monoisotopic (exact) mass is 1070 g/mol. The summed E-state index contributed by atoms with van der Waals surface area (Å²) in [4.78, 5) is 45.7. The van der Waals surface area contributed by atoms with E-state index in [1.165, 1.54) is 50.0 Å². The molecule has 6 aliphatic carbocycles. The molecule has 7 rings (SSSR count). The van der Waals surface area contributed by atoms with Crippen molar-refractivity contribution in [3.8, 4) is 0 Å². The molecule has 3 fully saturated rings. The molecule has 0 spiro atoms.